The molecule has 9 nitrogen and oxygen atoms in total. The molecule has 2 fully saturated rings. The molecule has 0 aliphatic carbocycles. The van der Waals surface area contributed by atoms with Crippen molar-refractivity contribution in [3.05, 3.63) is 17.0 Å². The van der Waals surface area contributed by atoms with E-state index in [1.165, 1.54) is 0 Å². The van der Waals surface area contributed by atoms with Crippen molar-refractivity contribution in [3.63, 3.8) is 0 Å². The van der Waals surface area contributed by atoms with E-state index in [1.54, 1.807) is 9.58 Å². The van der Waals surface area contributed by atoms with Gasteiger partial charge >= 0.3 is 0 Å². The quantitative estimate of drug-likeness (QED) is 0.679. The van der Waals surface area contributed by atoms with Gasteiger partial charge in [-0.15, -0.1) is 0 Å². The monoisotopic (exact) mass is 430 g/mol. The molecule has 4 heterocycles. The lowest BCUT2D eigenvalue weighted by molar-refractivity contribution is -0.138. The predicted octanol–water partition coefficient (Wildman–Crippen LogP) is 0.485. The molecule has 1 aromatic heterocycles. The van der Waals surface area contributed by atoms with Crippen molar-refractivity contribution in [2.75, 3.05) is 52.4 Å². The van der Waals surface area contributed by atoms with E-state index in [0.717, 1.165) is 69.9 Å². The maximum atomic E-state index is 12.9. The van der Waals surface area contributed by atoms with Crippen molar-refractivity contribution >= 4 is 17.7 Å². The fourth-order valence-electron chi connectivity index (χ4n) is 4.89. The number of aryl methyl sites for hydroxylation is 1. The van der Waals surface area contributed by atoms with Crippen LogP contribution in [0.4, 0.5) is 0 Å². The number of rotatable bonds is 5. The van der Waals surface area contributed by atoms with E-state index in [4.69, 9.17) is 0 Å². The first-order valence-electron chi connectivity index (χ1n) is 11.6. The average Bonchev–Trinajstić information content (AvgIpc) is 3.45. The summed E-state index contributed by atoms with van der Waals surface area (Å²) in [5.74, 6) is 0.0211. The number of fused-ring (bicyclic) bond motifs is 1. The molecule has 3 aliphatic heterocycles. The number of nitrogens with zero attached hydrogens (tertiary/aromatic N) is 6. The molecule has 2 saturated heterocycles. The molecule has 0 unspecified atom stereocenters. The van der Waals surface area contributed by atoms with Crippen LogP contribution in [0.25, 0.3) is 0 Å². The lowest BCUT2D eigenvalue weighted by Crippen LogP contribution is -2.48. The summed E-state index contributed by atoms with van der Waals surface area (Å²) in [6.45, 7) is 8.99. The fourth-order valence-corrected chi connectivity index (χ4v) is 4.89. The molecule has 0 bridgehead atoms. The van der Waals surface area contributed by atoms with Gasteiger partial charge in [-0.25, -0.2) is 0 Å². The molecule has 3 aliphatic rings. The summed E-state index contributed by atoms with van der Waals surface area (Å²) in [4.78, 5) is 46.2. The van der Waals surface area contributed by atoms with Gasteiger partial charge in [0.1, 0.15) is 0 Å². The first-order chi connectivity index (χ1) is 15.0. The van der Waals surface area contributed by atoms with Crippen molar-refractivity contribution in [1.82, 2.24) is 29.4 Å². The van der Waals surface area contributed by atoms with Gasteiger partial charge in [-0.05, 0) is 19.4 Å². The Morgan fingerprint density at radius 1 is 0.839 bits per heavy atom. The van der Waals surface area contributed by atoms with E-state index in [1.807, 2.05) is 16.8 Å². The van der Waals surface area contributed by atoms with E-state index < -0.39 is 0 Å². The second-order valence-corrected chi connectivity index (χ2v) is 8.78. The van der Waals surface area contributed by atoms with Gasteiger partial charge in [0.05, 0.1) is 0 Å². The summed E-state index contributed by atoms with van der Waals surface area (Å²) < 4.78 is 1.79. The van der Waals surface area contributed by atoms with Crippen molar-refractivity contribution in [2.45, 2.75) is 45.6 Å². The van der Waals surface area contributed by atoms with Crippen molar-refractivity contribution in [3.8, 4) is 0 Å². The highest BCUT2D eigenvalue weighted by Crippen LogP contribution is 2.25. The Balaban J connectivity index is 1.34. The van der Waals surface area contributed by atoms with E-state index in [0.29, 0.717) is 25.2 Å². The minimum Gasteiger partial charge on any atom is -0.340 e. The number of likely N-dealkylation sites (N-methyl/N-ethyl adjacent to an activating group) is 1. The summed E-state index contributed by atoms with van der Waals surface area (Å²) in [6, 6.07) is 0. The molecule has 0 atom stereocenters. The van der Waals surface area contributed by atoms with Crippen LogP contribution in [0.5, 0.6) is 0 Å². The van der Waals surface area contributed by atoms with Crippen LogP contribution in [-0.4, -0.2) is 99.5 Å². The Kier molecular flexibility index (Phi) is 6.60. The average molecular weight is 431 g/mol. The molecule has 0 saturated carbocycles. The van der Waals surface area contributed by atoms with Gasteiger partial charge in [0, 0.05) is 89.9 Å². The minimum absolute atomic E-state index is 0.0189. The van der Waals surface area contributed by atoms with Gasteiger partial charge in [0.2, 0.25) is 11.8 Å². The lowest BCUT2D eigenvalue weighted by Gasteiger charge is -2.34. The van der Waals surface area contributed by atoms with E-state index in [2.05, 4.69) is 16.9 Å². The van der Waals surface area contributed by atoms with Crippen LogP contribution >= 0.6 is 0 Å². The largest absolute Gasteiger partial charge is 0.340 e. The standard InChI is InChI=1S/C22H34N6O3/c1-3-25-12-14-26(15-13-25)19(29)6-7-20(30)28-11-8-18-17(16-28)21(23-24(18)2)22(31)27-9-4-5-10-27/h3-16H2,1-2H3. The van der Waals surface area contributed by atoms with Crippen LogP contribution in [0, 0.1) is 0 Å². The van der Waals surface area contributed by atoms with Crippen LogP contribution in [0.15, 0.2) is 0 Å². The molecule has 3 amide bonds. The summed E-state index contributed by atoms with van der Waals surface area (Å²) in [6.07, 6.45) is 3.23. The van der Waals surface area contributed by atoms with Crippen molar-refractivity contribution < 1.29 is 14.4 Å². The van der Waals surface area contributed by atoms with Crippen molar-refractivity contribution in [1.29, 1.82) is 0 Å². The molecule has 0 aromatic carbocycles. The number of amides is 3. The first-order valence-corrected chi connectivity index (χ1v) is 11.6. The van der Waals surface area contributed by atoms with Gasteiger partial charge in [-0.2, -0.15) is 5.10 Å². The van der Waals surface area contributed by atoms with Crippen LogP contribution < -0.4 is 0 Å². The Labute approximate surface area is 183 Å². The number of likely N-dealkylation sites (tertiary alicyclic amines) is 1. The second-order valence-electron chi connectivity index (χ2n) is 8.78. The van der Waals surface area contributed by atoms with E-state index in [9.17, 15) is 14.4 Å². The highest BCUT2D eigenvalue weighted by atomic mass is 16.2. The molecule has 9 heteroatoms. The first kappa shape index (κ1) is 21.8. The topological polar surface area (TPSA) is 82.0 Å². The third-order valence-corrected chi connectivity index (χ3v) is 6.92. The summed E-state index contributed by atoms with van der Waals surface area (Å²) >= 11 is 0. The number of hydrogen-bond acceptors (Lipinski definition) is 5. The molecular weight excluding hydrogens is 396 g/mol. The summed E-state index contributed by atoms with van der Waals surface area (Å²) in [7, 11) is 1.87. The molecule has 1 aromatic rings. The van der Waals surface area contributed by atoms with Crippen LogP contribution in [0.2, 0.25) is 0 Å². The highest BCUT2D eigenvalue weighted by molar-refractivity contribution is 5.94. The maximum absolute atomic E-state index is 12.9. The van der Waals surface area contributed by atoms with Gasteiger partial charge in [0.25, 0.3) is 5.91 Å². The zero-order chi connectivity index (χ0) is 22.0. The Morgan fingerprint density at radius 3 is 2.13 bits per heavy atom. The normalized spacial score (nSPS) is 19.6. The van der Waals surface area contributed by atoms with Gasteiger partial charge < -0.3 is 19.6 Å². The van der Waals surface area contributed by atoms with E-state index >= 15 is 0 Å². The number of carbonyl (C=O) groups is 3. The predicted molar refractivity (Wildman–Crippen MR) is 115 cm³/mol. The lowest BCUT2D eigenvalue weighted by atomic mass is 10.0. The number of aromatic nitrogens is 2. The third kappa shape index (κ3) is 4.61. The number of carbonyl (C=O) groups excluding carboxylic acids is 3. The molecule has 0 spiro atoms. The maximum Gasteiger partial charge on any atom is 0.274 e. The molecule has 4 rings (SSSR count). The van der Waals surface area contributed by atoms with Gasteiger partial charge in [-0.1, -0.05) is 6.92 Å². The Bertz CT molecular complexity index is 837. The van der Waals surface area contributed by atoms with E-state index in [-0.39, 0.29) is 30.6 Å². The summed E-state index contributed by atoms with van der Waals surface area (Å²) in [5.41, 5.74) is 2.40. The van der Waals surface area contributed by atoms with Gasteiger partial charge in [-0.3, -0.25) is 19.1 Å². The highest BCUT2D eigenvalue weighted by Gasteiger charge is 2.32. The summed E-state index contributed by atoms with van der Waals surface area (Å²) in [5, 5.41) is 4.50. The number of hydrogen-bond donors (Lipinski definition) is 0. The van der Waals surface area contributed by atoms with Crippen LogP contribution in [0.3, 0.4) is 0 Å². The molecule has 170 valence electrons. The van der Waals surface area contributed by atoms with Crippen LogP contribution in [0.1, 0.15) is 54.4 Å². The van der Waals surface area contributed by atoms with Gasteiger partial charge in [0.15, 0.2) is 5.69 Å². The molecular formula is C22H34N6O3. The second kappa shape index (κ2) is 9.38. The molecule has 0 N–H and O–H groups in total. The Morgan fingerprint density at radius 2 is 1.48 bits per heavy atom. The zero-order valence-electron chi connectivity index (χ0n) is 18.8. The smallest absolute Gasteiger partial charge is 0.274 e. The fraction of sp³-hybridized carbons (Fsp3) is 0.727. The minimum atomic E-state index is -0.0231. The zero-order valence-corrected chi connectivity index (χ0v) is 18.8. The molecule has 0 radical (unpaired) electrons. The Hall–Kier alpha value is -2.42. The van der Waals surface area contributed by atoms with Crippen molar-refractivity contribution in [2.24, 2.45) is 7.05 Å². The third-order valence-electron chi connectivity index (χ3n) is 6.92. The number of piperazine rings is 1. The molecule has 31 heavy (non-hydrogen) atoms. The van der Waals surface area contributed by atoms with Crippen LogP contribution in [-0.2, 0) is 29.6 Å². The SMILES string of the molecule is CCN1CCN(C(=O)CCC(=O)N2CCc3c(c(C(=O)N4CCCC4)nn3C)C2)CC1.